The van der Waals surface area contributed by atoms with E-state index in [9.17, 15) is 9.18 Å². The molecule has 0 fully saturated rings. The van der Waals surface area contributed by atoms with Crippen molar-refractivity contribution in [2.45, 2.75) is 13.5 Å². The van der Waals surface area contributed by atoms with E-state index in [4.69, 9.17) is 15.5 Å². The van der Waals surface area contributed by atoms with E-state index in [-0.39, 0.29) is 12.6 Å². The lowest BCUT2D eigenvalue weighted by atomic mass is 10.2. The number of halogens is 1. The second-order valence-electron chi connectivity index (χ2n) is 7.57. The highest BCUT2D eigenvalue weighted by Gasteiger charge is 2.18. The van der Waals surface area contributed by atoms with Gasteiger partial charge in [0.25, 0.3) is 0 Å². The van der Waals surface area contributed by atoms with Crippen LogP contribution in [-0.4, -0.2) is 30.5 Å². The van der Waals surface area contributed by atoms with Crippen LogP contribution in [0.1, 0.15) is 12.5 Å². The van der Waals surface area contributed by atoms with Crippen molar-refractivity contribution in [2.24, 2.45) is 0 Å². The summed E-state index contributed by atoms with van der Waals surface area (Å²) in [5.41, 5.74) is 11.0. The number of fused-ring (bicyclic) bond motifs is 1. The molecule has 0 amide bonds. The summed E-state index contributed by atoms with van der Waals surface area (Å²) in [5, 5.41) is 0. The van der Waals surface area contributed by atoms with Gasteiger partial charge in [-0.25, -0.2) is 14.4 Å². The Labute approximate surface area is 193 Å². The third kappa shape index (κ3) is 4.06. The number of nitrogens with two attached hydrogens (primary N) is 1. The van der Waals surface area contributed by atoms with E-state index in [0.717, 1.165) is 23.0 Å². The van der Waals surface area contributed by atoms with Gasteiger partial charge >= 0.3 is 5.97 Å². The maximum atomic E-state index is 13.4. The number of hydrogen-bond acceptors (Lipinski definition) is 7. The molecule has 2 N–H and O–H groups in total. The van der Waals surface area contributed by atoms with Gasteiger partial charge in [0.05, 0.1) is 34.9 Å². The molecule has 0 radical (unpaired) electrons. The third-order valence-electron chi connectivity index (χ3n) is 5.25. The van der Waals surface area contributed by atoms with Crippen molar-refractivity contribution in [2.75, 3.05) is 5.73 Å². The van der Waals surface area contributed by atoms with Crippen LogP contribution in [0.15, 0.2) is 73.2 Å². The number of esters is 1. The van der Waals surface area contributed by atoms with Gasteiger partial charge in [0.15, 0.2) is 0 Å². The molecule has 9 heteroatoms. The molecule has 5 rings (SSSR count). The minimum absolute atomic E-state index is 0.188. The summed E-state index contributed by atoms with van der Waals surface area (Å²) in [5.74, 6) is 0.185. The first-order valence-electron chi connectivity index (χ1n) is 10.4. The minimum Gasteiger partial charge on any atom is -0.461 e. The van der Waals surface area contributed by atoms with Gasteiger partial charge in [0, 0.05) is 18.8 Å². The Hall–Kier alpha value is -4.66. The first-order valence-corrected chi connectivity index (χ1v) is 10.4. The van der Waals surface area contributed by atoms with Crippen molar-refractivity contribution in [1.82, 2.24) is 24.5 Å². The van der Waals surface area contributed by atoms with Crippen LogP contribution in [0.5, 0.6) is 0 Å². The number of imidazole rings is 1. The number of nitrogens with zero attached hydrogens (tertiary/aromatic N) is 5. The van der Waals surface area contributed by atoms with E-state index in [0.29, 0.717) is 34.1 Å². The van der Waals surface area contributed by atoms with Crippen molar-refractivity contribution >= 4 is 22.8 Å². The summed E-state index contributed by atoms with van der Waals surface area (Å²) in [4.78, 5) is 28.7. The highest BCUT2D eigenvalue weighted by molar-refractivity contribution is 5.86. The van der Waals surface area contributed by atoms with Crippen LogP contribution in [0, 0.1) is 5.82 Å². The molecule has 0 saturated heterocycles. The molecule has 0 atom stereocenters. The number of carbonyl (C=O) groups excluding carboxylic acids is 1. The van der Waals surface area contributed by atoms with Crippen LogP contribution in [0.3, 0.4) is 0 Å². The molecule has 5 aromatic rings. The molecule has 8 nitrogen and oxygen atoms in total. The van der Waals surface area contributed by atoms with Gasteiger partial charge in [-0.2, -0.15) is 0 Å². The largest absolute Gasteiger partial charge is 0.461 e. The standard InChI is InChI=1S/C25H19FN6O2/c1-15(33)34-14-16-4-7-18(8-5-16)32-23-11-21(20-9-6-17(26)12-29-20)30-13-22(23)31-25(32)19-3-2-10-28-24(19)27/h2-13H,14H2,1H3,(H2,27,28). The van der Waals surface area contributed by atoms with Crippen LogP contribution in [0.4, 0.5) is 10.2 Å². The Balaban J connectivity index is 1.68. The minimum atomic E-state index is -0.418. The lowest BCUT2D eigenvalue weighted by Crippen LogP contribution is -2.02. The van der Waals surface area contributed by atoms with Gasteiger partial charge in [-0.05, 0) is 48.0 Å². The van der Waals surface area contributed by atoms with Gasteiger partial charge < -0.3 is 10.5 Å². The summed E-state index contributed by atoms with van der Waals surface area (Å²) in [6, 6.07) is 16.0. The Morgan fingerprint density at radius 3 is 2.53 bits per heavy atom. The lowest BCUT2D eigenvalue weighted by molar-refractivity contribution is -0.142. The molecule has 168 valence electrons. The number of aromatic nitrogens is 5. The molecule has 0 unspecified atom stereocenters. The van der Waals surface area contributed by atoms with Crippen molar-refractivity contribution < 1.29 is 13.9 Å². The number of pyridine rings is 3. The predicted molar refractivity (Wildman–Crippen MR) is 125 cm³/mol. The van der Waals surface area contributed by atoms with Crippen LogP contribution in [-0.2, 0) is 16.1 Å². The molecular weight excluding hydrogens is 435 g/mol. The number of hydrogen-bond donors (Lipinski definition) is 1. The molecule has 0 spiro atoms. The van der Waals surface area contributed by atoms with Crippen molar-refractivity contribution in [3.8, 4) is 28.5 Å². The molecule has 0 saturated carbocycles. The second kappa shape index (κ2) is 8.70. The number of benzene rings is 1. The maximum absolute atomic E-state index is 13.4. The number of carbonyl (C=O) groups is 1. The lowest BCUT2D eigenvalue weighted by Gasteiger charge is -2.12. The summed E-state index contributed by atoms with van der Waals surface area (Å²) in [7, 11) is 0. The molecule has 0 aliphatic carbocycles. The quantitative estimate of drug-likeness (QED) is 0.394. The van der Waals surface area contributed by atoms with Crippen molar-refractivity contribution in [1.29, 1.82) is 0 Å². The van der Waals surface area contributed by atoms with E-state index in [1.165, 1.54) is 13.0 Å². The Kier molecular flexibility index (Phi) is 5.43. The van der Waals surface area contributed by atoms with E-state index in [1.54, 1.807) is 24.5 Å². The normalized spacial score (nSPS) is 11.0. The van der Waals surface area contributed by atoms with Crippen LogP contribution < -0.4 is 5.73 Å². The SMILES string of the molecule is CC(=O)OCc1ccc(-n2c(-c3cccnc3N)nc3cnc(-c4ccc(F)cn4)cc32)cc1. The fourth-order valence-corrected chi connectivity index (χ4v) is 3.62. The first kappa shape index (κ1) is 21.2. The summed E-state index contributed by atoms with van der Waals surface area (Å²) in [6.45, 7) is 1.56. The molecule has 34 heavy (non-hydrogen) atoms. The Bertz CT molecular complexity index is 1500. The van der Waals surface area contributed by atoms with Gasteiger partial charge in [-0.1, -0.05) is 12.1 Å². The van der Waals surface area contributed by atoms with E-state index >= 15 is 0 Å². The average Bonchev–Trinajstić information content (AvgIpc) is 3.22. The molecule has 4 heterocycles. The van der Waals surface area contributed by atoms with Gasteiger partial charge in [-0.3, -0.25) is 19.3 Å². The summed E-state index contributed by atoms with van der Waals surface area (Å²) >= 11 is 0. The molecule has 4 aromatic heterocycles. The molecule has 0 aliphatic rings. The van der Waals surface area contributed by atoms with Crippen molar-refractivity contribution in [3.63, 3.8) is 0 Å². The predicted octanol–water partition coefficient (Wildman–Crippen LogP) is 4.33. The monoisotopic (exact) mass is 454 g/mol. The first-order chi connectivity index (χ1) is 16.5. The smallest absolute Gasteiger partial charge is 0.302 e. The molecule has 0 aliphatic heterocycles. The highest BCUT2D eigenvalue weighted by atomic mass is 19.1. The topological polar surface area (TPSA) is 109 Å². The van der Waals surface area contributed by atoms with Gasteiger partial charge in [0.2, 0.25) is 0 Å². The molecule has 1 aromatic carbocycles. The fourth-order valence-electron chi connectivity index (χ4n) is 3.62. The Morgan fingerprint density at radius 2 is 1.82 bits per heavy atom. The van der Waals surface area contributed by atoms with E-state index < -0.39 is 5.82 Å². The van der Waals surface area contributed by atoms with Crippen LogP contribution in [0.25, 0.3) is 39.5 Å². The molecular formula is C25H19FN6O2. The Morgan fingerprint density at radius 1 is 1.03 bits per heavy atom. The summed E-state index contributed by atoms with van der Waals surface area (Å²) < 4.78 is 20.4. The van der Waals surface area contributed by atoms with E-state index in [1.807, 2.05) is 41.0 Å². The van der Waals surface area contributed by atoms with Crippen molar-refractivity contribution in [3.05, 3.63) is 84.6 Å². The number of anilines is 1. The van der Waals surface area contributed by atoms with Crippen LogP contribution >= 0.6 is 0 Å². The van der Waals surface area contributed by atoms with E-state index in [2.05, 4.69) is 15.0 Å². The maximum Gasteiger partial charge on any atom is 0.302 e. The molecule has 0 bridgehead atoms. The highest BCUT2D eigenvalue weighted by Crippen LogP contribution is 2.32. The fraction of sp³-hybridized carbons (Fsp3) is 0.0800. The zero-order valence-electron chi connectivity index (χ0n) is 18.1. The third-order valence-corrected chi connectivity index (χ3v) is 5.25. The number of ether oxygens (including phenoxy) is 1. The number of rotatable bonds is 5. The second-order valence-corrected chi connectivity index (χ2v) is 7.57. The zero-order chi connectivity index (χ0) is 23.7. The van der Waals surface area contributed by atoms with Crippen LogP contribution in [0.2, 0.25) is 0 Å². The van der Waals surface area contributed by atoms with Gasteiger partial charge in [0.1, 0.15) is 29.6 Å². The van der Waals surface area contributed by atoms with Gasteiger partial charge in [-0.15, -0.1) is 0 Å². The number of nitrogen functional groups attached to an aromatic ring is 1. The zero-order valence-corrected chi connectivity index (χ0v) is 18.1. The summed E-state index contributed by atoms with van der Waals surface area (Å²) in [6.07, 6.45) is 4.43. The average molecular weight is 454 g/mol.